The maximum atomic E-state index is 11.3. The van der Waals surface area contributed by atoms with Crippen molar-refractivity contribution in [2.24, 2.45) is 0 Å². The van der Waals surface area contributed by atoms with Crippen molar-refractivity contribution in [3.8, 4) is 5.75 Å². The number of carbonyl (C=O) groups is 1. The molecule has 1 atom stereocenters. The summed E-state index contributed by atoms with van der Waals surface area (Å²) < 4.78 is 10.1. The summed E-state index contributed by atoms with van der Waals surface area (Å²) >= 11 is 0. The van der Waals surface area contributed by atoms with Crippen molar-refractivity contribution in [3.63, 3.8) is 0 Å². The number of methoxy groups -OCH3 is 1. The molecule has 1 aromatic carbocycles. The number of esters is 1. The van der Waals surface area contributed by atoms with E-state index in [0.29, 0.717) is 5.75 Å². The van der Waals surface area contributed by atoms with Crippen molar-refractivity contribution in [2.75, 3.05) is 7.11 Å². The molecule has 0 saturated heterocycles. The SMILES string of the molecule is COC(=O)[C@@H](C)Oc1cccc(C(C)(C)C)c1. The van der Waals surface area contributed by atoms with Crippen LogP contribution in [-0.2, 0) is 14.9 Å². The van der Waals surface area contributed by atoms with Crippen LogP contribution >= 0.6 is 0 Å². The molecule has 0 heterocycles. The standard InChI is InChI=1S/C14H20O3/c1-10(13(15)16-5)17-12-8-6-7-11(9-12)14(2,3)4/h6-10H,1-5H3/t10-/m1/s1. The average Bonchev–Trinajstić information content (AvgIpc) is 2.27. The summed E-state index contributed by atoms with van der Waals surface area (Å²) in [7, 11) is 1.35. The minimum Gasteiger partial charge on any atom is -0.479 e. The Morgan fingerprint density at radius 3 is 2.47 bits per heavy atom. The first-order chi connectivity index (χ1) is 7.84. The average molecular weight is 236 g/mol. The molecule has 3 nitrogen and oxygen atoms in total. The van der Waals surface area contributed by atoms with E-state index < -0.39 is 6.10 Å². The van der Waals surface area contributed by atoms with Crippen LogP contribution in [0, 0.1) is 0 Å². The molecule has 94 valence electrons. The number of hydrogen-bond acceptors (Lipinski definition) is 3. The summed E-state index contributed by atoms with van der Waals surface area (Å²) in [5.74, 6) is 0.321. The van der Waals surface area contributed by atoms with Gasteiger partial charge >= 0.3 is 5.97 Å². The normalized spacial score (nSPS) is 13.0. The molecule has 0 aliphatic carbocycles. The maximum Gasteiger partial charge on any atom is 0.346 e. The Morgan fingerprint density at radius 2 is 1.94 bits per heavy atom. The van der Waals surface area contributed by atoms with Crippen molar-refractivity contribution in [1.29, 1.82) is 0 Å². The molecule has 0 spiro atoms. The molecule has 0 N–H and O–H groups in total. The molecule has 0 bridgehead atoms. The lowest BCUT2D eigenvalue weighted by Crippen LogP contribution is -2.25. The van der Waals surface area contributed by atoms with Crippen LogP contribution in [-0.4, -0.2) is 19.2 Å². The number of ether oxygens (including phenoxy) is 2. The van der Waals surface area contributed by atoms with Crippen LogP contribution in [0.2, 0.25) is 0 Å². The molecule has 0 radical (unpaired) electrons. The van der Waals surface area contributed by atoms with Gasteiger partial charge in [-0.25, -0.2) is 4.79 Å². The Bertz CT molecular complexity index is 391. The fraction of sp³-hybridized carbons (Fsp3) is 0.500. The molecule has 3 heteroatoms. The number of hydrogen-bond donors (Lipinski definition) is 0. The van der Waals surface area contributed by atoms with Crippen molar-refractivity contribution >= 4 is 5.97 Å². The van der Waals surface area contributed by atoms with E-state index in [-0.39, 0.29) is 11.4 Å². The van der Waals surface area contributed by atoms with Crippen LogP contribution in [0.4, 0.5) is 0 Å². The first kappa shape index (κ1) is 13.6. The van der Waals surface area contributed by atoms with Gasteiger partial charge in [-0.15, -0.1) is 0 Å². The van der Waals surface area contributed by atoms with Gasteiger partial charge in [0.1, 0.15) is 5.75 Å². The Balaban J connectivity index is 2.83. The highest BCUT2D eigenvalue weighted by atomic mass is 16.6. The molecule has 0 aliphatic heterocycles. The third-order valence-corrected chi connectivity index (χ3v) is 2.55. The predicted molar refractivity (Wildman–Crippen MR) is 67.2 cm³/mol. The largest absolute Gasteiger partial charge is 0.479 e. The van der Waals surface area contributed by atoms with Gasteiger partial charge in [0.25, 0.3) is 0 Å². The first-order valence-corrected chi connectivity index (χ1v) is 5.69. The lowest BCUT2D eigenvalue weighted by atomic mass is 9.87. The highest BCUT2D eigenvalue weighted by Crippen LogP contribution is 2.26. The van der Waals surface area contributed by atoms with Gasteiger partial charge < -0.3 is 9.47 Å². The van der Waals surface area contributed by atoms with Gasteiger partial charge in [-0.2, -0.15) is 0 Å². The Morgan fingerprint density at radius 1 is 1.29 bits per heavy atom. The van der Waals surface area contributed by atoms with E-state index in [9.17, 15) is 4.79 Å². The molecular weight excluding hydrogens is 216 g/mol. The van der Waals surface area contributed by atoms with Gasteiger partial charge in [0.2, 0.25) is 0 Å². The minimum atomic E-state index is -0.588. The van der Waals surface area contributed by atoms with Crippen LogP contribution in [0.15, 0.2) is 24.3 Å². The van der Waals surface area contributed by atoms with Crippen molar-refractivity contribution in [3.05, 3.63) is 29.8 Å². The topological polar surface area (TPSA) is 35.5 Å². The van der Waals surface area contributed by atoms with Gasteiger partial charge in [0.15, 0.2) is 6.10 Å². The summed E-state index contributed by atoms with van der Waals surface area (Å²) in [5.41, 5.74) is 1.24. The van der Waals surface area contributed by atoms with Crippen LogP contribution in [0.1, 0.15) is 33.3 Å². The second-order valence-electron chi connectivity index (χ2n) is 5.06. The van der Waals surface area contributed by atoms with E-state index in [2.05, 4.69) is 31.6 Å². The third kappa shape index (κ3) is 3.77. The Labute approximate surface area is 103 Å². The van der Waals surface area contributed by atoms with E-state index in [1.54, 1.807) is 6.92 Å². The summed E-state index contributed by atoms with van der Waals surface area (Å²) in [6.07, 6.45) is -0.588. The van der Waals surface area contributed by atoms with Crippen molar-refractivity contribution in [2.45, 2.75) is 39.2 Å². The number of carbonyl (C=O) groups excluding carboxylic acids is 1. The monoisotopic (exact) mass is 236 g/mol. The Kier molecular flexibility index (Phi) is 4.16. The smallest absolute Gasteiger partial charge is 0.346 e. The van der Waals surface area contributed by atoms with Crippen LogP contribution < -0.4 is 4.74 Å². The first-order valence-electron chi connectivity index (χ1n) is 5.69. The third-order valence-electron chi connectivity index (χ3n) is 2.55. The summed E-state index contributed by atoms with van der Waals surface area (Å²) in [6.45, 7) is 8.08. The van der Waals surface area contributed by atoms with E-state index in [4.69, 9.17) is 4.74 Å². The zero-order valence-electron chi connectivity index (χ0n) is 11.1. The summed E-state index contributed by atoms with van der Waals surface area (Å²) in [5, 5.41) is 0. The lowest BCUT2D eigenvalue weighted by molar-refractivity contribution is -0.147. The quantitative estimate of drug-likeness (QED) is 0.757. The number of benzene rings is 1. The van der Waals surface area contributed by atoms with Crippen LogP contribution in [0.25, 0.3) is 0 Å². The van der Waals surface area contributed by atoms with Gasteiger partial charge in [0, 0.05) is 0 Å². The van der Waals surface area contributed by atoms with E-state index in [1.165, 1.54) is 12.7 Å². The molecule has 0 amide bonds. The highest BCUT2D eigenvalue weighted by molar-refractivity contribution is 5.74. The highest BCUT2D eigenvalue weighted by Gasteiger charge is 2.17. The molecule has 17 heavy (non-hydrogen) atoms. The predicted octanol–water partition coefficient (Wildman–Crippen LogP) is 2.92. The minimum absolute atomic E-state index is 0.0634. The molecular formula is C14H20O3. The molecule has 0 unspecified atom stereocenters. The van der Waals surface area contributed by atoms with Crippen LogP contribution in [0.3, 0.4) is 0 Å². The van der Waals surface area contributed by atoms with Crippen LogP contribution in [0.5, 0.6) is 5.75 Å². The molecule has 0 fully saturated rings. The van der Waals surface area contributed by atoms with Gasteiger partial charge in [-0.05, 0) is 30.0 Å². The zero-order valence-corrected chi connectivity index (χ0v) is 11.1. The van der Waals surface area contributed by atoms with Gasteiger partial charge in [0.05, 0.1) is 7.11 Å². The van der Waals surface area contributed by atoms with E-state index in [0.717, 1.165) is 0 Å². The zero-order chi connectivity index (χ0) is 13.1. The van der Waals surface area contributed by atoms with E-state index in [1.807, 2.05) is 18.2 Å². The molecule has 0 aromatic heterocycles. The van der Waals surface area contributed by atoms with Gasteiger partial charge in [-0.3, -0.25) is 0 Å². The van der Waals surface area contributed by atoms with Gasteiger partial charge in [-0.1, -0.05) is 32.9 Å². The molecule has 0 saturated carbocycles. The fourth-order valence-corrected chi connectivity index (χ4v) is 1.45. The second kappa shape index (κ2) is 5.21. The number of rotatable bonds is 3. The van der Waals surface area contributed by atoms with Crippen molar-refractivity contribution < 1.29 is 14.3 Å². The Hall–Kier alpha value is -1.51. The summed E-state index contributed by atoms with van der Waals surface area (Å²) in [6, 6.07) is 7.78. The lowest BCUT2D eigenvalue weighted by Gasteiger charge is -2.20. The molecule has 1 rings (SSSR count). The van der Waals surface area contributed by atoms with Crippen molar-refractivity contribution in [1.82, 2.24) is 0 Å². The summed E-state index contributed by atoms with van der Waals surface area (Å²) in [4.78, 5) is 11.3. The second-order valence-corrected chi connectivity index (χ2v) is 5.06. The molecule has 0 aliphatic rings. The fourth-order valence-electron chi connectivity index (χ4n) is 1.45. The molecule has 1 aromatic rings. The maximum absolute atomic E-state index is 11.3. The van der Waals surface area contributed by atoms with E-state index >= 15 is 0 Å².